The Bertz CT molecular complexity index is 3150. The molecule has 0 aliphatic heterocycles. The van der Waals surface area contributed by atoms with Gasteiger partial charge in [0.1, 0.15) is 32.6 Å². The Morgan fingerprint density at radius 3 is 1.48 bits per heavy atom. The Morgan fingerprint density at radius 2 is 0.953 bits per heavy atom. The molecular formula is C34H22CuN10Na2O15S2+2. The molecule has 0 unspecified atom stereocenters. The molecule has 6 N–H and O–H groups in total. The zero-order valence-electron chi connectivity index (χ0n) is 32.2. The molecule has 25 nitrogen and oxygen atoms in total. The van der Waals surface area contributed by atoms with Gasteiger partial charge in [0.15, 0.2) is 17.2 Å². The van der Waals surface area contributed by atoms with Crippen LogP contribution in [-0.2, 0) is 37.3 Å². The van der Waals surface area contributed by atoms with Gasteiger partial charge in [-0.3, -0.25) is 39.4 Å². The Balaban J connectivity index is 0.00000363. The van der Waals surface area contributed by atoms with Crippen LogP contribution in [0.4, 0.5) is 62.6 Å². The molecule has 6 rings (SSSR count). The first-order valence-corrected chi connectivity index (χ1v) is 19.2. The fraction of sp³-hybridized carbons (Fsp3) is 0. The van der Waals surface area contributed by atoms with Gasteiger partial charge in [0.2, 0.25) is 0 Å². The quantitative estimate of drug-likeness (QED) is 0.0318. The van der Waals surface area contributed by atoms with E-state index in [-0.39, 0.29) is 110 Å². The van der Waals surface area contributed by atoms with E-state index in [1.807, 2.05) is 0 Å². The zero-order valence-corrected chi connectivity index (χ0v) is 38.8. The van der Waals surface area contributed by atoms with Crippen LogP contribution in [0.1, 0.15) is 0 Å². The average molecular weight is 984 g/mol. The summed E-state index contributed by atoms with van der Waals surface area (Å²) < 4.78 is 67.4. The number of nitrogens with zero attached hydrogens (tertiary/aromatic N) is 9. The summed E-state index contributed by atoms with van der Waals surface area (Å²) in [7, 11) is -9.95. The van der Waals surface area contributed by atoms with Crippen molar-refractivity contribution in [2.45, 2.75) is 9.79 Å². The third-order valence-electron chi connectivity index (χ3n) is 8.19. The maximum atomic E-state index is 12.1. The van der Waals surface area contributed by atoms with E-state index in [0.717, 1.165) is 48.5 Å². The molecule has 0 saturated carbocycles. The number of aromatic hydroxyl groups is 3. The number of non-ortho nitro benzene ring substituents is 3. The van der Waals surface area contributed by atoms with Crippen molar-refractivity contribution in [3.05, 3.63) is 127 Å². The molecule has 0 aromatic heterocycles. The number of azo groups is 3. The number of fused-ring (bicyclic) bond motifs is 1. The van der Waals surface area contributed by atoms with E-state index in [1.165, 1.54) is 36.4 Å². The summed E-state index contributed by atoms with van der Waals surface area (Å²) in [5, 5.41) is 92.2. The van der Waals surface area contributed by atoms with Crippen LogP contribution in [0, 0.1) is 30.3 Å². The third-order valence-corrected chi connectivity index (χ3v) is 9.97. The van der Waals surface area contributed by atoms with Crippen LogP contribution in [0.3, 0.4) is 0 Å². The number of phenolic OH excluding ortho intramolecular Hbond substituents is 3. The monoisotopic (exact) mass is 983 g/mol. The van der Waals surface area contributed by atoms with Gasteiger partial charge in [-0.1, -0.05) is 0 Å². The van der Waals surface area contributed by atoms with Crippen molar-refractivity contribution in [3.63, 3.8) is 0 Å². The first-order chi connectivity index (χ1) is 28.7. The summed E-state index contributed by atoms with van der Waals surface area (Å²) in [5.41, 5.74) is -3.47. The van der Waals surface area contributed by atoms with Crippen LogP contribution in [0.5, 0.6) is 17.2 Å². The molecule has 0 amide bonds. The number of hydrogen-bond acceptors (Lipinski definition) is 20. The molecule has 0 saturated heterocycles. The number of phenols is 3. The predicted molar refractivity (Wildman–Crippen MR) is 210 cm³/mol. The van der Waals surface area contributed by atoms with Crippen LogP contribution < -0.4 is 64.4 Å². The van der Waals surface area contributed by atoms with Crippen molar-refractivity contribution in [2.24, 2.45) is 30.7 Å². The molecule has 0 spiro atoms. The molecule has 6 aromatic carbocycles. The van der Waals surface area contributed by atoms with Gasteiger partial charge in [0.25, 0.3) is 37.3 Å². The molecule has 0 bridgehead atoms. The summed E-state index contributed by atoms with van der Waals surface area (Å²) in [6, 6.07) is 17.1. The Kier molecular flexibility index (Phi) is 17.4. The fourth-order valence-corrected chi connectivity index (χ4v) is 6.70. The van der Waals surface area contributed by atoms with Gasteiger partial charge in [-0.15, -0.1) is 20.5 Å². The van der Waals surface area contributed by atoms with Gasteiger partial charge >= 0.3 is 59.1 Å². The van der Waals surface area contributed by atoms with Crippen LogP contribution >= 0.6 is 0 Å². The molecule has 64 heavy (non-hydrogen) atoms. The summed E-state index contributed by atoms with van der Waals surface area (Å²) in [6.07, 6.45) is 0. The van der Waals surface area contributed by atoms with Gasteiger partial charge in [-0.05, 0) is 48.5 Å². The molecule has 30 heteroatoms. The number of hydrogen-bond donors (Lipinski definition) is 6. The predicted octanol–water partition coefficient (Wildman–Crippen LogP) is 3.17. The van der Waals surface area contributed by atoms with Crippen molar-refractivity contribution < 1.29 is 132 Å². The van der Waals surface area contributed by atoms with E-state index in [0.29, 0.717) is 12.1 Å². The van der Waals surface area contributed by atoms with E-state index in [9.17, 15) is 71.6 Å². The fourth-order valence-electron chi connectivity index (χ4n) is 5.32. The summed E-state index contributed by atoms with van der Waals surface area (Å²) in [5.74, 6) is -2.61. The van der Waals surface area contributed by atoms with Gasteiger partial charge in [-0.2, -0.15) is 27.1 Å². The molecule has 0 aliphatic rings. The van der Waals surface area contributed by atoms with Crippen molar-refractivity contribution in [2.75, 3.05) is 5.32 Å². The summed E-state index contributed by atoms with van der Waals surface area (Å²) >= 11 is 0. The van der Waals surface area contributed by atoms with Crippen molar-refractivity contribution in [1.29, 1.82) is 0 Å². The Hall–Kier alpha value is -5.88. The molecule has 0 atom stereocenters. The standard InChI is InChI=1S/C34H22N10O15S2.Cu.2Na/c45-28-16-29(60(54,55)56)24-13-21(43(50)51)9-11-23(24)31(28)40-39-27-15-26(33(46)32(34(27)47)41-37-19-5-7-20(8-6-19)42(48)49)38-36-18-3-1-17(2-4-18)35-25-12-10-22(44(52)53)14-30(25)61(57,58)59;;;/h1-16,35,45-47H,(H,54,55,56)(H,57,58,59);;;/q;;2*+1. The molecule has 6 aromatic rings. The number of nitro benzene ring substituents is 3. The number of anilines is 2. The zero-order chi connectivity index (χ0) is 44.4. The smallest absolute Gasteiger partial charge is 0.506 e. The second kappa shape index (κ2) is 21.2. The molecule has 321 valence electrons. The van der Waals surface area contributed by atoms with Crippen molar-refractivity contribution >= 4 is 93.6 Å². The first kappa shape index (κ1) is 52.5. The van der Waals surface area contributed by atoms with Gasteiger partial charge in [0, 0.05) is 82.1 Å². The van der Waals surface area contributed by atoms with E-state index in [4.69, 9.17) is 0 Å². The SMILES string of the molecule is O=[N+]([O-])c1ccc(N=Nc2c(O)c(N=Nc3ccc(Nc4ccc([N+](=O)[O-])cc4S(=O)(=O)O)cc3)cc(N=Nc3c(O)cc(S(=O)(=O)O)c4cc([N+](=O)[O-])ccc34)c2O)cc1.[Cu].[Na+].[Na+]. The normalized spacial score (nSPS) is 11.5. The van der Waals surface area contributed by atoms with Gasteiger partial charge < -0.3 is 20.6 Å². The van der Waals surface area contributed by atoms with E-state index < -0.39 is 102 Å². The summed E-state index contributed by atoms with van der Waals surface area (Å²) in [6.45, 7) is 0. The van der Waals surface area contributed by atoms with Gasteiger partial charge in [-0.25, -0.2) is 0 Å². The maximum Gasteiger partial charge on any atom is 1.00 e. The Morgan fingerprint density at radius 1 is 0.500 bits per heavy atom. The minimum Gasteiger partial charge on any atom is -0.506 e. The largest absolute Gasteiger partial charge is 1.00 e. The van der Waals surface area contributed by atoms with Crippen LogP contribution in [-0.4, -0.2) is 56.0 Å². The number of nitro groups is 3. The first-order valence-electron chi connectivity index (χ1n) is 16.3. The average Bonchev–Trinajstić information content (AvgIpc) is 3.20. The Labute approximate surface area is 412 Å². The third kappa shape index (κ3) is 12.0. The van der Waals surface area contributed by atoms with Crippen LogP contribution in [0.2, 0.25) is 0 Å². The topological polar surface area (TPSA) is 385 Å². The molecule has 0 heterocycles. The van der Waals surface area contributed by atoms with Crippen molar-refractivity contribution in [1.82, 2.24) is 0 Å². The van der Waals surface area contributed by atoms with Crippen LogP contribution in [0.25, 0.3) is 10.8 Å². The van der Waals surface area contributed by atoms with E-state index >= 15 is 0 Å². The minimum absolute atomic E-state index is 0. The second-order valence-corrected chi connectivity index (χ2v) is 14.9. The number of nitrogens with one attached hydrogen (secondary N) is 1. The maximum absolute atomic E-state index is 12.1. The number of benzene rings is 6. The number of rotatable bonds is 13. The van der Waals surface area contributed by atoms with E-state index in [1.54, 1.807) is 0 Å². The second-order valence-electron chi connectivity index (χ2n) is 12.1. The minimum atomic E-state index is -5.05. The molecule has 0 aliphatic carbocycles. The molecule has 0 fully saturated rings. The molecular weight excluding hydrogens is 962 g/mol. The van der Waals surface area contributed by atoms with E-state index in [2.05, 4.69) is 36.0 Å². The van der Waals surface area contributed by atoms with Crippen molar-refractivity contribution in [3.8, 4) is 17.2 Å². The molecule has 1 radical (unpaired) electrons. The summed E-state index contributed by atoms with van der Waals surface area (Å²) in [4.78, 5) is 29.6. The van der Waals surface area contributed by atoms with Gasteiger partial charge in [0.05, 0.1) is 31.8 Å². The van der Waals surface area contributed by atoms with Crippen LogP contribution in [0.15, 0.2) is 138 Å².